The molecule has 8 nitrogen and oxygen atoms in total. The van der Waals surface area contributed by atoms with Crippen LogP contribution in [0.5, 0.6) is 0 Å². The zero-order valence-corrected chi connectivity index (χ0v) is 9.55. The minimum Gasteiger partial charge on any atom is -0.481 e. The summed E-state index contributed by atoms with van der Waals surface area (Å²) in [5, 5.41) is 36.6. The highest BCUT2D eigenvalue weighted by Crippen LogP contribution is 2.31. The molecule has 0 aromatic carbocycles. The number of aliphatic carboxylic acids is 3. The number of nitrogens with zero attached hydrogens (tertiary/aromatic N) is 1. The van der Waals surface area contributed by atoms with Gasteiger partial charge in [0.15, 0.2) is 5.60 Å². The third-order valence-electron chi connectivity index (χ3n) is 2.50. The standard InChI is InChI=1S/C11H11NO7/c13-7(14)5-11(19,10(17)18)8(9(15)16)6-3-1-2-4-12-6/h1-4,8,19H,5H2,(H,13,14)(H,15,16)(H,17,18). The highest BCUT2D eigenvalue weighted by atomic mass is 16.4. The molecule has 0 saturated carbocycles. The number of aliphatic hydroxyl groups is 1. The number of hydrogen-bond acceptors (Lipinski definition) is 5. The van der Waals surface area contributed by atoms with Gasteiger partial charge < -0.3 is 20.4 Å². The Bertz CT molecular complexity index is 501. The van der Waals surface area contributed by atoms with Gasteiger partial charge in [-0.25, -0.2) is 4.79 Å². The molecule has 0 aliphatic heterocycles. The van der Waals surface area contributed by atoms with E-state index in [2.05, 4.69) is 4.98 Å². The van der Waals surface area contributed by atoms with E-state index in [4.69, 9.17) is 15.3 Å². The van der Waals surface area contributed by atoms with Gasteiger partial charge in [-0.2, -0.15) is 0 Å². The molecule has 19 heavy (non-hydrogen) atoms. The first-order valence-electron chi connectivity index (χ1n) is 5.10. The van der Waals surface area contributed by atoms with Crippen molar-refractivity contribution < 1.29 is 34.8 Å². The van der Waals surface area contributed by atoms with Crippen molar-refractivity contribution in [2.75, 3.05) is 0 Å². The Balaban J connectivity index is 3.33. The van der Waals surface area contributed by atoms with Crippen molar-refractivity contribution in [1.82, 2.24) is 4.98 Å². The summed E-state index contributed by atoms with van der Waals surface area (Å²) in [6, 6.07) is 4.08. The Morgan fingerprint density at radius 3 is 2.21 bits per heavy atom. The zero-order chi connectivity index (χ0) is 14.6. The number of rotatable bonds is 6. The lowest BCUT2D eigenvalue weighted by Crippen LogP contribution is -2.49. The number of aromatic nitrogens is 1. The minimum atomic E-state index is -2.98. The molecule has 0 amide bonds. The molecule has 102 valence electrons. The normalized spacial score (nSPS) is 15.2. The molecule has 1 heterocycles. The summed E-state index contributed by atoms with van der Waals surface area (Å²) in [5.74, 6) is -7.23. The van der Waals surface area contributed by atoms with Crippen LogP contribution in [0.15, 0.2) is 24.4 Å². The molecule has 1 rings (SSSR count). The third-order valence-corrected chi connectivity index (χ3v) is 2.50. The SMILES string of the molecule is O=C(O)CC(O)(C(=O)O)C(C(=O)O)c1ccccn1. The van der Waals surface area contributed by atoms with Gasteiger partial charge in [0.05, 0.1) is 12.1 Å². The first-order valence-corrected chi connectivity index (χ1v) is 5.10. The van der Waals surface area contributed by atoms with Crippen LogP contribution in [0.3, 0.4) is 0 Å². The van der Waals surface area contributed by atoms with Crippen LogP contribution in [0, 0.1) is 0 Å². The quantitative estimate of drug-likeness (QED) is 0.542. The molecule has 1 aromatic rings. The van der Waals surface area contributed by atoms with Gasteiger partial charge in [-0.15, -0.1) is 0 Å². The van der Waals surface area contributed by atoms with Gasteiger partial charge in [0.1, 0.15) is 5.92 Å². The van der Waals surface area contributed by atoms with E-state index in [1.54, 1.807) is 0 Å². The highest BCUT2D eigenvalue weighted by molar-refractivity contribution is 5.92. The second-order valence-electron chi connectivity index (χ2n) is 3.83. The Kier molecular flexibility index (Phi) is 4.18. The second-order valence-corrected chi connectivity index (χ2v) is 3.83. The molecular weight excluding hydrogens is 258 g/mol. The molecular formula is C11H11NO7. The van der Waals surface area contributed by atoms with Crippen molar-refractivity contribution in [2.45, 2.75) is 17.9 Å². The molecule has 0 radical (unpaired) electrons. The largest absolute Gasteiger partial charge is 0.481 e. The first-order chi connectivity index (χ1) is 8.79. The summed E-state index contributed by atoms with van der Waals surface area (Å²) < 4.78 is 0. The lowest BCUT2D eigenvalue weighted by Gasteiger charge is -2.27. The van der Waals surface area contributed by atoms with Crippen LogP contribution in [0.1, 0.15) is 18.0 Å². The van der Waals surface area contributed by atoms with E-state index < -0.39 is 35.8 Å². The van der Waals surface area contributed by atoms with Crippen LogP contribution in [0.25, 0.3) is 0 Å². The number of carboxylic acid groups (broad SMARTS) is 3. The van der Waals surface area contributed by atoms with Crippen molar-refractivity contribution in [3.8, 4) is 0 Å². The third kappa shape index (κ3) is 3.05. The molecule has 0 aliphatic carbocycles. The van der Waals surface area contributed by atoms with Gasteiger partial charge in [0.25, 0.3) is 0 Å². The molecule has 0 bridgehead atoms. The summed E-state index contributed by atoms with van der Waals surface area (Å²) in [5.41, 5.74) is -3.22. The number of pyridine rings is 1. The monoisotopic (exact) mass is 269 g/mol. The van der Waals surface area contributed by atoms with Gasteiger partial charge in [0.2, 0.25) is 0 Å². The smallest absolute Gasteiger partial charge is 0.337 e. The molecule has 0 saturated heterocycles. The van der Waals surface area contributed by atoms with Crippen LogP contribution >= 0.6 is 0 Å². The van der Waals surface area contributed by atoms with E-state index in [0.29, 0.717) is 0 Å². The Hall–Kier alpha value is -2.48. The predicted molar refractivity (Wildman–Crippen MR) is 59.5 cm³/mol. The first kappa shape index (κ1) is 14.6. The fraction of sp³-hybridized carbons (Fsp3) is 0.273. The average Bonchev–Trinajstić information content (AvgIpc) is 2.28. The van der Waals surface area contributed by atoms with E-state index in [0.717, 1.165) is 0 Å². The molecule has 8 heteroatoms. The number of carbonyl (C=O) groups is 3. The Labute approximate surface area is 107 Å². The van der Waals surface area contributed by atoms with E-state index in [1.165, 1.54) is 24.4 Å². The van der Waals surface area contributed by atoms with Gasteiger partial charge in [-0.05, 0) is 12.1 Å². The number of hydrogen-bond donors (Lipinski definition) is 4. The lowest BCUT2D eigenvalue weighted by atomic mass is 9.82. The Morgan fingerprint density at radius 2 is 1.84 bits per heavy atom. The van der Waals surface area contributed by atoms with E-state index in [1.807, 2.05) is 0 Å². The van der Waals surface area contributed by atoms with E-state index in [-0.39, 0.29) is 5.69 Å². The molecule has 2 atom stereocenters. The van der Waals surface area contributed by atoms with Gasteiger partial charge in [-0.1, -0.05) is 6.07 Å². The average molecular weight is 269 g/mol. The Morgan fingerprint density at radius 1 is 1.21 bits per heavy atom. The van der Waals surface area contributed by atoms with E-state index >= 15 is 0 Å². The van der Waals surface area contributed by atoms with Gasteiger partial charge in [-0.3, -0.25) is 14.6 Å². The van der Waals surface area contributed by atoms with Crippen LogP contribution in [0.2, 0.25) is 0 Å². The van der Waals surface area contributed by atoms with Crippen molar-refractivity contribution in [1.29, 1.82) is 0 Å². The summed E-state index contributed by atoms with van der Waals surface area (Å²) in [7, 11) is 0. The van der Waals surface area contributed by atoms with Crippen molar-refractivity contribution in [3.63, 3.8) is 0 Å². The molecule has 4 N–H and O–H groups in total. The summed E-state index contributed by atoms with van der Waals surface area (Å²) >= 11 is 0. The molecule has 0 fully saturated rings. The lowest BCUT2D eigenvalue weighted by molar-refractivity contribution is -0.173. The van der Waals surface area contributed by atoms with Crippen LogP contribution in [0.4, 0.5) is 0 Å². The highest BCUT2D eigenvalue weighted by Gasteiger charge is 2.51. The van der Waals surface area contributed by atoms with Crippen molar-refractivity contribution >= 4 is 17.9 Å². The predicted octanol–water partition coefficient (Wildman–Crippen LogP) is -0.460. The van der Waals surface area contributed by atoms with Crippen LogP contribution < -0.4 is 0 Å². The summed E-state index contributed by atoms with van der Waals surface area (Å²) in [6.07, 6.45) is -0.0375. The summed E-state index contributed by atoms with van der Waals surface area (Å²) in [6.45, 7) is 0. The van der Waals surface area contributed by atoms with Crippen molar-refractivity contribution in [2.24, 2.45) is 0 Å². The van der Waals surface area contributed by atoms with E-state index in [9.17, 15) is 19.5 Å². The van der Waals surface area contributed by atoms with Gasteiger partial charge >= 0.3 is 17.9 Å². The second kappa shape index (κ2) is 5.44. The maximum Gasteiger partial charge on any atom is 0.337 e. The maximum absolute atomic E-state index is 11.2. The fourth-order valence-electron chi connectivity index (χ4n) is 1.65. The number of carboxylic acids is 3. The minimum absolute atomic E-state index is 0.235. The summed E-state index contributed by atoms with van der Waals surface area (Å²) in [4.78, 5) is 36.5. The molecule has 2 unspecified atom stereocenters. The van der Waals surface area contributed by atoms with Crippen LogP contribution in [-0.2, 0) is 14.4 Å². The molecule has 0 spiro atoms. The molecule has 1 aromatic heterocycles. The maximum atomic E-state index is 11.2. The fourth-order valence-corrected chi connectivity index (χ4v) is 1.65. The van der Waals surface area contributed by atoms with Gasteiger partial charge in [0, 0.05) is 6.20 Å². The van der Waals surface area contributed by atoms with Crippen molar-refractivity contribution in [3.05, 3.63) is 30.1 Å². The molecule has 0 aliphatic rings. The van der Waals surface area contributed by atoms with Crippen LogP contribution in [-0.4, -0.2) is 48.9 Å². The zero-order valence-electron chi connectivity index (χ0n) is 9.55. The topological polar surface area (TPSA) is 145 Å².